The van der Waals surface area contributed by atoms with E-state index in [1.807, 2.05) is 25.1 Å². The molecular formula is C16H16N2O2. The van der Waals surface area contributed by atoms with Crippen LogP contribution in [0.4, 0.5) is 0 Å². The Hall–Kier alpha value is -2.23. The van der Waals surface area contributed by atoms with Gasteiger partial charge < -0.3 is 4.74 Å². The molecule has 1 aliphatic carbocycles. The summed E-state index contributed by atoms with van der Waals surface area (Å²) in [6.45, 7) is 4.09. The maximum absolute atomic E-state index is 12.1. The second-order valence-corrected chi connectivity index (χ2v) is 5.15. The minimum Gasteiger partial charge on any atom is -0.452 e. The Balaban J connectivity index is 1.85. The molecule has 3 rings (SSSR count). The van der Waals surface area contributed by atoms with Gasteiger partial charge in [0, 0.05) is 11.3 Å². The molecule has 4 heteroatoms. The lowest BCUT2D eigenvalue weighted by Crippen LogP contribution is -2.10. The van der Waals surface area contributed by atoms with Crippen molar-refractivity contribution in [2.45, 2.75) is 32.3 Å². The van der Waals surface area contributed by atoms with Gasteiger partial charge in [0.15, 0.2) is 0 Å². The van der Waals surface area contributed by atoms with Gasteiger partial charge in [0.05, 0.1) is 11.3 Å². The lowest BCUT2D eigenvalue weighted by atomic mass is 10.0. The largest absolute Gasteiger partial charge is 0.452 e. The number of rotatable bonds is 2. The topological polar surface area (TPSA) is 52.1 Å². The monoisotopic (exact) mass is 268 g/mol. The van der Waals surface area contributed by atoms with Gasteiger partial charge in [-0.3, -0.25) is 0 Å². The van der Waals surface area contributed by atoms with Crippen molar-refractivity contribution < 1.29 is 9.53 Å². The zero-order valence-corrected chi connectivity index (χ0v) is 11.5. The van der Waals surface area contributed by atoms with Crippen molar-refractivity contribution in [3.63, 3.8) is 0 Å². The van der Waals surface area contributed by atoms with Gasteiger partial charge in [0.25, 0.3) is 0 Å². The van der Waals surface area contributed by atoms with Gasteiger partial charge in [-0.1, -0.05) is 25.1 Å². The smallest absolute Gasteiger partial charge is 0.338 e. The van der Waals surface area contributed by atoms with E-state index in [1.54, 1.807) is 12.1 Å². The van der Waals surface area contributed by atoms with E-state index in [9.17, 15) is 4.79 Å². The number of hydrogen-bond acceptors (Lipinski definition) is 4. The van der Waals surface area contributed by atoms with Gasteiger partial charge in [-0.15, -0.1) is 0 Å². The molecule has 4 nitrogen and oxygen atoms in total. The van der Waals surface area contributed by atoms with Crippen LogP contribution in [0.1, 0.15) is 52.7 Å². The molecule has 0 N–H and O–H groups in total. The second-order valence-electron chi connectivity index (χ2n) is 5.15. The Morgan fingerprint density at radius 1 is 1.25 bits per heavy atom. The van der Waals surface area contributed by atoms with Crippen molar-refractivity contribution in [3.05, 3.63) is 59.2 Å². The molecule has 1 unspecified atom stereocenters. The van der Waals surface area contributed by atoms with Crippen LogP contribution in [0.2, 0.25) is 0 Å². The lowest BCUT2D eigenvalue weighted by Gasteiger charge is -2.12. The van der Waals surface area contributed by atoms with Gasteiger partial charge in [-0.2, -0.15) is 0 Å². The summed E-state index contributed by atoms with van der Waals surface area (Å²) in [7, 11) is 0. The molecule has 0 amide bonds. The van der Waals surface area contributed by atoms with Crippen molar-refractivity contribution in [2.24, 2.45) is 0 Å². The number of fused-ring (bicyclic) bond motifs is 1. The minimum atomic E-state index is -0.299. The summed E-state index contributed by atoms with van der Waals surface area (Å²) in [5.74, 6) is 0.0201. The number of hydrogen-bond donors (Lipinski definition) is 0. The van der Waals surface area contributed by atoms with Crippen molar-refractivity contribution in [2.75, 3.05) is 0 Å². The highest BCUT2D eigenvalue weighted by Gasteiger charge is 2.34. The fraction of sp³-hybridized carbons (Fsp3) is 0.312. The van der Waals surface area contributed by atoms with E-state index in [0.29, 0.717) is 11.5 Å². The zero-order valence-electron chi connectivity index (χ0n) is 11.5. The maximum atomic E-state index is 12.1. The van der Waals surface area contributed by atoms with Crippen LogP contribution < -0.4 is 0 Å². The molecule has 20 heavy (non-hydrogen) atoms. The third kappa shape index (κ3) is 2.18. The van der Waals surface area contributed by atoms with Crippen LogP contribution in [0.5, 0.6) is 0 Å². The molecule has 0 bridgehead atoms. The first kappa shape index (κ1) is 12.8. The molecule has 0 aliphatic heterocycles. The fourth-order valence-corrected chi connectivity index (χ4v) is 2.79. The quantitative estimate of drug-likeness (QED) is 0.785. The summed E-state index contributed by atoms with van der Waals surface area (Å²) < 4.78 is 5.62. The normalized spacial score (nSPS) is 20.5. The molecule has 102 valence electrons. The van der Waals surface area contributed by atoms with E-state index in [4.69, 9.17) is 4.74 Å². The minimum absolute atomic E-state index is 0.269. The molecular weight excluding hydrogens is 252 g/mol. The zero-order chi connectivity index (χ0) is 14.1. The third-order valence-electron chi connectivity index (χ3n) is 3.74. The Bertz CT molecular complexity index is 640. The number of esters is 1. The van der Waals surface area contributed by atoms with Crippen LogP contribution in [0, 0.1) is 6.92 Å². The molecule has 0 saturated heterocycles. The predicted octanol–water partition coefficient (Wildman–Crippen LogP) is 3.19. The Labute approximate surface area is 117 Å². The SMILES string of the molecule is Cc1ncnc2c1[C@H](C)CC2OC(=O)c1ccccc1. The van der Waals surface area contributed by atoms with Crippen LogP contribution in [-0.4, -0.2) is 15.9 Å². The number of benzene rings is 1. The summed E-state index contributed by atoms with van der Waals surface area (Å²) in [5.41, 5.74) is 3.52. The molecule has 2 atom stereocenters. The van der Waals surface area contributed by atoms with Gasteiger partial charge in [0.2, 0.25) is 0 Å². The molecule has 0 fully saturated rings. The second kappa shape index (κ2) is 5.04. The van der Waals surface area contributed by atoms with Crippen LogP contribution in [-0.2, 0) is 4.74 Å². The van der Waals surface area contributed by atoms with Gasteiger partial charge in [0.1, 0.15) is 12.4 Å². The van der Waals surface area contributed by atoms with Crippen LogP contribution in [0.15, 0.2) is 36.7 Å². The summed E-state index contributed by atoms with van der Waals surface area (Å²) >= 11 is 0. The van der Waals surface area contributed by atoms with Gasteiger partial charge in [-0.25, -0.2) is 14.8 Å². The number of aromatic nitrogens is 2. The first-order valence-electron chi connectivity index (χ1n) is 6.74. The first-order valence-corrected chi connectivity index (χ1v) is 6.74. The van der Waals surface area contributed by atoms with E-state index in [0.717, 1.165) is 23.4 Å². The molecule has 1 aromatic carbocycles. The number of aryl methyl sites for hydroxylation is 1. The summed E-state index contributed by atoms with van der Waals surface area (Å²) in [4.78, 5) is 20.7. The molecule has 2 aromatic rings. The molecule has 1 aliphatic rings. The van der Waals surface area contributed by atoms with Crippen LogP contribution in [0.3, 0.4) is 0 Å². The Kier molecular flexibility index (Phi) is 3.22. The number of nitrogens with zero attached hydrogens (tertiary/aromatic N) is 2. The maximum Gasteiger partial charge on any atom is 0.338 e. The van der Waals surface area contributed by atoms with E-state index in [-0.39, 0.29) is 12.1 Å². The van der Waals surface area contributed by atoms with Crippen molar-refractivity contribution in [3.8, 4) is 0 Å². The van der Waals surface area contributed by atoms with E-state index in [2.05, 4.69) is 16.9 Å². The van der Waals surface area contributed by atoms with Gasteiger partial charge in [-0.05, 0) is 31.4 Å². The van der Waals surface area contributed by atoms with Crippen LogP contribution >= 0.6 is 0 Å². The summed E-state index contributed by atoms with van der Waals surface area (Å²) in [5, 5.41) is 0. The average Bonchev–Trinajstić information content (AvgIpc) is 2.77. The fourth-order valence-electron chi connectivity index (χ4n) is 2.79. The standard InChI is InChI=1S/C16H16N2O2/c1-10-8-13(15-14(10)11(2)17-9-18-15)20-16(19)12-6-4-3-5-7-12/h3-7,9-10,13H,8H2,1-2H3/t10-,13?/m1/s1. The van der Waals surface area contributed by atoms with E-state index in [1.165, 1.54) is 6.33 Å². The molecule has 0 spiro atoms. The predicted molar refractivity (Wildman–Crippen MR) is 74.4 cm³/mol. The average molecular weight is 268 g/mol. The van der Waals surface area contributed by atoms with Gasteiger partial charge >= 0.3 is 5.97 Å². The molecule has 1 aromatic heterocycles. The van der Waals surface area contributed by atoms with Crippen molar-refractivity contribution >= 4 is 5.97 Å². The lowest BCUT2D eigenvalue weighted by molar-refractivity contribution is 0.0284. The Morgan fingerprint density at radius 3 is 2.75 bits per heavy atom. The third-order valence-corrected chi connectivity index (χ3v) is 3.74. The molecule has 0 saturated carbocycles. The highest BCUT2D eigenvalue weighted by Crippen LogP contribution is 2.42. The van der Waals surface area contributed by atoms with E-state index >= 15 is 0 Å². The molecule has 0 radical (unpaired) electrons. The van der Waals surface area contributed by atoms with Crippen LogP contribution in [0.25, 0.3) is 0 Å². The number of carbonyl (C=O) groups is 1. The van der Waals surface area contributed by atoms with Crippen molar-refractivity contribution in [1.29, 1.82) is 0 Å². The van der Waals surface area contributed by atoms with E-state index < -0.39 is 0 Å². The molecule has 1 heterocycles. The first-order chi connectivity index (χ1) is 9.66. The highest BCUT2D eigenvalue weighted by molar-refractivity contribution is 5.89. The number of carbonyl (C=O) groups excluding carboxylic acids is 1. The van der Waals surface area contributed by atoms with Crippen molar-refractivity contribution in [1.82, 2.24) is 9.97 Å². The summed E-state index contributed by atoms with van der Waals surface area (Å²) in [6, 6.07) is 9.04. The highest BCUT2D eigenvalue weighted by atomic mass is 16.5. The summed E-state index contributed by atoms with van der Waals surface area (Å²) in [6.07, 6.45) is 2.04. The Morgan fingerprint density at radius 2 is 2.00 bits per heavy atom. The number of ether oxygens (including phenoxy) is 1.